The van der Waals surface area contributed by atoms with Crippen molar-refractivity contribution in [1.29, 1.82) is 0 Å². The van der Waals surface area contributed by atoms with E-state index in [1.807, 2.05) is 12.1 Å². The predicted octanol–water partition coefficient (Wildman–Crippen LogP) is 7.76. The second-order valence-electron chi connectivity index (χ2n) is 12.5. The molecule has 0 atom stereocenters. The molecule has 8 N–H and O–H groups in total. The summed E-state index contributed by atoms with van der Waals surface area (Å²) in [4.78, 5) is 26.8. The minimum Gasteiger partial charge on any atom is -0.507 e. The highest BCUT2D eigenvalue weighted by atomic mass is 35.5. The summed E-state index contributed by atoms with van der Waals surface area (Å²) in [6.45, 7) is 3.64. The molecule has 0 aliphatic carbocycles. The molecule has 0 bridgehead atoms. The van der Waals surface area contributed by atoms with E-state index in [9.17, 15) is 40.2 Å². The number of carbonyl (C=O) groups excluding carboxylic acids is 2. The van der Waals surface area contributed by atoms with Crippen molar-refractivity contribution in [3.8, 4) is 45.6 Å². The lowest BCUT2D eigenvalue weighted by molar-refractivity contribution is 0.0944. The van der Waals surface area contributed by atoms with Gasteiger partial charge in [-0.3, -0.25) is 9.59 Å². The maximum Gasteiger partial charge on any atom is 0.255 e. The normalized spacial score (nSPS) is 11.2. The highest BCUT2D eigenvalue weighted by Gasteiger charge is 2.28. The second kappa shape index (κ2) is 14.4. The van der Waals surface area contributed by atoms with E-state index in [1.165, 1.54) is 0 Å². The number of hydrogen-bond donors (Lipinski definition) is 8. The van der Waals surface area contributed by atoms with E-state index in [1.54, 1.807) is 62.4 Å². The summed E-state index contributed by atoms with van der Waals surface area (Å²) < 4.78 is 0. The number of phenols is 6. The third-order valence-corrected chi connectivity index (χ3v) is 9.49. The summed E-state index contributed by atoms with van der Waals surface area (Å²) in [6.07, 6.45) is 0.886. The quantitative estimate of drug-likeness (QED) is 0.0693. The van der Waals surface area contributed by atoms with Crippen molar-refractivity contribution in [2.24, 2.45) is 0 Å². The summed E-state index contributed by atoms with van der Waals surface area (Å²) in [6, 6.07) is 19.6. The van der Waals surface area contributed by atoms with Crippen molar-refractivity contribution in [3.05, 3.63) is 116 Å². The van der Waals surface area contributed by atoms with Crippen LogP contribution in [0.5, 0.6) is 34.5 Å². The molecule has 6 aromatic rings. The fourth-order valence-electron chi connectivity index (χ4n) is 6.55. The first-order valence-electron chi connectivity index (χ1n) is 16.2. The van der Waals surface area contributed by atoms with Crippen LogP contribution in [0.4, 0.5) is 0 Å². The SMILES string of the molecule is Cc1cc2c(C(=O)NCCc3cccc(Cl)c3)c(O)c(O)cc2c(O)c1-c1c(C)cc2c(C(=O)NCCc3cccc(Cl)c3)c(O)c(O)cc2c1O. The topological polar surface area (TPSA) is 180 Å². The van der Waals surface area contributed by atoms with Crippen LogP contribution < -0.4 is 10.6 Å². The number of rotatable bonds is 9. The molecule has 0 saturated heterocycles. The smallest absolute Gasteiger partial charge is 0.255 e. The first-order chi connectivity index (χ1) is 24.8. The summed E-state index contributed by atoms with van der Waals surface area (Å²) in [7, 11) is 0. The fourth-order valence-corrected chi connectivity index (χ4v) is 6.98. The van der Waals surface area contributed by atoms with Crippen LogP contribution in [0.2, 0.25) is 10.0 Å². The number of carbonyl (C=O) groups is 2. The molecule has 6 rings (SSSR count). The molecule has 0 radical (unpaired) electrons. The van der Waals surface area contributed by atoms with Crippen LogP contribution in [-0.4, -0.2) is 55.5 Å². The van der Waals surface area contributed by atoms with Gasteiger partial charge in [0, 0.05) is 55.8 Å². The zero-order valence-corrected chi connectivity index (χ0v) is 29.5. The van der Waals surface area contributed by atoms with E-state index >= 15 is 0 Å². The number of amides is 2. The third kappa shape index (κ3) is 6.78. The first-order valence-corrected chi connectivity index (χ1v) is 17.0. The van der Waals surface area contributed by atoms with Crippen LogP contribution in [0.3, 0.4) is 0 Å². The van der Waals surface area contributed by atoms with Crippen LogP contribution in [-0.2, 0) is 12.8 Å². The maximum atomic E-state index is 13.4. The number of phenolic OH excluding ortho intramolecular Hbond substituents is 6. The maximum absolute atomic E-state index is 13.4. The Kier molecular flexibility index (Phi) is 9.97. The predicted molar refractivity (Wildman–Crippen MR) is 201 cm³/mol. The highest BCUT2D eigenvalue weighted by Crippen LogP contribution is 2.50. The van der Waals surface area contributed by atoms with Gasteiger partial charge in [-0.25, -0.2) is 0 Å². The Morgan fingerprint density at radius 1 is 0.538 bits per heavy atom. The summed E-state index contributed by atoms with van der Waals surface area (Å²) >= 11 is 12.1. The lowest BCUT2D eigenvalue weighted by atomic mass is 9.87. The van der Waals surface area contributed by atoms with Crippen LogP contribution in [0, 0.1) is 13.8 Å². The molecular weight excluding hydrogens is 707 g/mol. The first kappa shape index (κ1) is 36.0. The molecule has 12 heteroatoms. The number of benzene rings is 6. The Morgan fingerprint density at radius 2 is 0.923 bits per heavy atom. The average Bonchev–Trinajstić information content (AvgIpc) is 3.08. The van der Waals surface area contributed by atoms with Crippen LogP contribution in [0.15, 0.2) is 72.8 Å². The Balaban J connectivity index is 1.38. The van der Waals surface area contributed by atoms with E-state index in [2.05, 4.69) is 10.6 Å². The lowest BCUT2D eigenvalue weighted by Gasteiger charge is -2.20. The molecule has 10 nitrogen and oxygen atoms in total. The number of halogens is 2. The summed E-state index contributed by atoms with van der Waals surface area (Å²) in [5, 5.41) is 73.3. The molecule has 2 amide bonds. The molecule has 0 fully saturated rings. The number of fused-ring (bicyclic) bond motifs is 2. The minimum absolute atomic E-state index is 0.0168. The molecule has 0 heterocycles. The number of hydrogen-bond acceptors (Lipinski definition) is 8. The van der Waals surface area contributed by atoms with E-state index in [0.29, 0.717) is 34.0 Å². The Bertz CT molecular complexity index is 2260. The van der Waals surface area contributed by atoms with Crippen molar-refractivity contribution in [1.82, 2.24) is 10.6 Å². The van der Waals surface area contributed by atoms with E-state index in [-0.39, 0.29) is 56.9 Å². The van der Waals surface area contributed by atoms with Crippen LogP contribution >= 0.6 is 23.2 Å². The molecule has 266 valence electrons. The van der Waals surface area contributed by atoms with Gasteiger partial charge in [0.25, 0.3) is 11.8 Å². The van der Waals surface area contributed by atoms with Gasteiger partial charge in [0.15, 0.2) is 23.0 Å². The van der Waals surface area contributed by atoms with Gasteiger partial charge in [-0.05, 0) is 97.5 Å². The third-order valence-electron chi connectivity index (χ3n) is 9.01. The molecule has 0 unspecified atom stereocenters. The van der Waals surface area contributed by atoms with Crippen molar-refractivity contribution in [3.63, 3.8) is 0 Å². The molecule has 0 saturated carbocycles. The Morgan fingerprint density at radius 3 is 1.29 bits per heavy atom. The zero-order chi connectivity index (χ0) is 37.4. The summed E-state index contributed by atoms with van der Waals surface area (Å²) in [5.74, 6) is -4.82. The fraction of sp³-hybridized carbons (Fsp3) is 0.150. The monoisotopic (exact) mass is 740 g/mol. The Hall–Kier alpha value is -5.84. The van der Waals surface area contributed by atoms with Gasteiger partial charge >= 0.3 is 0 Å². The van der Waals surface area contributed by atoms with Gasteiger partial charge in [0.2, 0.25) is 0 Å². The molecule has 0 aliphatic heterocycles. The standard InChI is InChI=1S/C40H34Cl2N2O8/c1-19-13-25-27(17-29(45)37(49)33(25)39(51)43-11-9-21-5-3-7-23(41)15-21)35(47)31(19)32-20(2)14-26-28(36(32)48)18-30(46)38(50)34(26)40(52)44-12-10-22-6-4-8-24(42)16-22/h3-8,13-18,45-50H,9-12H2,1-2H3,(H,43,51)(H,44,52). The van der Waals surface area contributed by atoms with Gasteiger partial charge in [-0.15, -0.1) is 0 Å². The van der Waals surface area contributed by atoms with Gasteiger partial charge in [0.05, 0.1) is 11.1 Å². The van der Waals surface area contributed by atoms with Gasteiger partial charge in [0.1, 0.15) is 11.5 Å². The minimum atomic E-state index is -0.689. The van der Waals surface area contributed by atoms with Crippen molar-refractivity contribution >= 4 is 56.6 Å². The van der Waals surface area contributed by atoms with Gasteiger partial charge < -0.3 is 41.3 Å². The van der Waals surface area contributed by atoms with Gasteiger partial charge in [-0.1, -0.05) is 47.5 Å². The van der Waals surface area contributed by atoms with Crippen LogP contribution in [0.1, 0.15) is 43.0 Å². The molecule has 52 heavy (non-hydrogen) atoms. The molecule has 6 aromatic carbocycles. The van der Waals surface area contributed by atoms with Crippen LogP contribution in [0.25, 0.3) is 32.7 Å². The lowest BCUT2D eigenvalue weighted by Crippen LogP contribution is -2.26. The molecule has 0 aliphatic rings. The average molecular weight is 742 g/mol. The second-order valence-corrected chi connectivity index (χ2v) is 13.4. The molecule has 0 aromatic heterocycles. The zero-order valence-electron chi connectivity index (χ0n) is 28.0. The van der Waals surface area contributed by atoms with Crippen molar-refractivity contribution in [2.75, 3.05) is 13.1 Å². The number of nitrogens with one attached hydrogen (secondary N) is 2. The number of aromatic hydroxyl groups is 6. The molecular formula is C40H34Cl2N2O8. The summed E-state index contributed by atoms with van der Waals surface area (Å²) in [5.41, 5.74) is 2.32. The largest absolute Gasteiger partial charge is 0.507 e. The Labute approximate surface area is 308 Å². The van der Waals surface area contributed by atoms with E-state index in [0.717, 1.165) is 23.3 Å². The number of aryl methyl sites for hydroxylation is 2. The van der Waals surface area contributed by atoms with E-state index < -0.39 is 46.3 Å². The van der Waals surface area contributed by atoms with Crippen molar-refractivity contribution in [2.45, 2.75) is 26.7 Å². The highest BCUT2D eigenvalue weighted by molar-refractivity contribution is 6.31. The van der Waals surface area contributed by atoms with Gasteiger partial charge in [-0.2, -0.15) is 0 Å². The van der Waals surface area contributed by atoms with E-state index in [4.69, 9.17) is 23.2 Å². The van der Waals surface area contributed by atoms with Crippen molar-refractivity contribution < 1.29 is 40.2 Å². The molecule has 0 spiro atoms.